The van der Waals surface area contributed by atoms with Crippen molar-refractivity contribution in [2.45, 2.75) is 19.8 Å². The SMILES string of the molecule is CCOCCCN.NCCCO. The Morgan fingerprint density at radius 1 is 1.17 bits per heavy atom. The Morgan fingerprint density at radius 3 is 2.00 bits per heavy atom. The van der Waals surface area contributed by atoms with E-state index in [1.807, 2.05) is 6.92 Å². The molecule has 0 bridgehead atoms. The zero-order valence-corrected chi connectivity index (χ0v) is 7.96. The highest BCUT2D eigenvalue weighted by atomic mass is 16.5. The Morgan fingerprint density at radius 2 is 1.75 bits per heavy atom. The molecule has 5 N–H and O–H groups in total. The third-order valence-electron chi connectivity index (χ3n) is 1.06. The third-order valence-corrected chi connectivity index (χ3v) is 1.06. The second kappa shape index (κ2) is 17.1. The van der Waals surface area contributed by atoms with Gasteiger partial charge >= 0.3 is 0 Å². The topological polar surface area (TPSA) is 81.5 Å². The fraction of sp³-hybridized carbons (Fsp3) is 1.00. The van der Waals surface area contributed by atoms with Crippen molar-refractivity contribution < 1.29 is 9.84 Å². The molecule has 0 heterocycles. The lowest BCUT2D eigenvalue weighted by atomic mass is 10.5. The molecule has 0 radical (unpaired) electrons. The smallest absolute Gasteiger partial charge is 0.0477 e. The van der Waals surface area contributed by atoms with E-state index in [0.29, 0.717) is 6.54 Å². The molecule has 0 spiro atoms. The first-order chi connectivity index (χ1) is 5.83. The summed E-state index contributed by atoms with van der Waals surface area (Å²) in [6, 6.07) is 0. The van der Waals surface area contributed by atoms with Gasteiger partial charge in [0.2, 0.25) is 0 Å². The highest BCUT2D eigenvalue weighted by Crippen LogP contribution is 1.75. The molecule has 4 heteroatoms. The summed E-state index contributed by atoms with van der Waals surface area (Å²) in [5.74, 6) is 0. The first-order valence-corrected chi connectivity index (χ1v) is 4.42. The van der Waals surface area contributed by atoms with Crippen LogP contribution in [0.25, 0.3) is 0 Å². The Hall–Kier alpha value is -0.160. The van der Waals surface area contributed by atoms with Crippen molar-refractivity contribution >= 4 is 0 Å². The molecule has 76 valence electrons. The zero-order chi connectivity index (χ0) is 9.66. The van der Waals surface area contributed by atoms with E-state index in [1.165, 1.54) is 0 Å². The molecule has 0 aromatic carbocycles. The van der Waals surface area contributed by atoms with Gasteiger partial charge < -0.3 is 21.3 Å². The molecule has 0 saturated heterocycles. The molecule has 0 aliphatic rings. The van der Waals surface area contributed by atoms with Gasteiger partial charge in [-0.05, 0) is 32.9 Å². The van der Waals surface area contributed by atoms with E-state index in [1.54, 1.807) is 0 Å². The second-order valence-electron chi connectivity index (χ2n) is 2.20. The van der Waals surface area contributed by atoms with Crippen molar-refractivity contribution in [3.63, 3.8) is 0 Å². The van der Waals surface area contributed by atoms with Gasteiger partial charge in [0, 0.05) is 19.8 Å². The number of ether oxygens (including phenoxy) is 1. The van der Waals surface area contributed by atoms with Crippen LogP contribution in [-0.4, -0.2) is 38.0 Å². The minimum absolute atomic E-state index is 0.219. The summed E-state index contributed by atoms with van der Waals surface area (Å²) in [5, 5.41) is 7.99. The van der Waals surface area contributed by atoms with Crippen LogP contribution < -0.4 is 11.5 Å². The van der Waals surface area contributed by atoms with Crippen LogP contribution in [0.2, 0.25) is 0 Å². The lowest BCUT2D eigenvalue weighted by Gasteiger charge is -1.94. The molecule has 0 rings (SSSR count). The van der Waals surface area contributed by atoms with Crippen LogP contribution in [0.5, 0.6) is 0 Å². The molecule has 4 nitrogen and oxygen atoms in total. The average molecular weight is 178 g/mol. The molecule has 0 unspecified atom stereocenters. The quantitative estimate of drug-likeness (QED) is 0.488. The lowest BCUT2D eigenvalue weighted by Crippen LogP contribution is -2.03. The Labute approximate surface area is 74.9 Å². The number of rotatable bonds is 6. The van der Waals surface area contributed by atoms with E-state index in [-0.39, 0.29) is 6.61 Å². The predicted octanol–water partition coefficient (Wildman–Crippen LogP) is -0.301. The molecule has 12 heavy (non-hydrogen) atoms. The third kappa shape index (κ3) is 22.5. The van der Waals surface area contributed by atoms with Gasteiger partial charge in [0.1, 0.15) is 0 Å². The maximum atomic E-state index is 7.99. The number of aliphatic hydroxyl groups is 1. The van der Waals surface area contributed by atoms with Crippen LogP contribution in [0.4, 0.5) is 0 Å². The molecule has 0 aliphatic carbocycles. The lowest BCUT2D eigenvalue weighted by molar-refractivity contribution is 0.146. The highest BCUT2D eigenvalue weighted by molar-refractivity contribution is 4.32. The van der Waals surface area contributed by atoms with E-state index in [9.17, 15) is 0 Å². The van der Waals surface area contributed by atoms with Crippen molar-refractivity contribution in [3.8, 4) is 0 Å². The van der Waals surface area contributed by atoms with E-state index < -0.39 is 0 Å². The van der Waals surface area contributed by atoms with E-state index in [2.05, 4.69) is 0 Å². The molecule has 0 atom stereocenters. The Balaban J connectivity index is 0. The van der Waals surface area contributed by atoms with Gasteiger partial charge in [0.05, 0.1) is 0 Å². The van der Waals surface area contributed by atoms with E-state index >= 15 is 0 Å². The molecule has 0 fully saturated rings. The molecule has 0 saturated carbocycles. The summed E-state index contributed by atoms with van der Waals surface area (Å²) in [6.45, 7) is 5.15. The summed E-state index contributed by atoms with van der Waals surface area (Å²) in [7, 11) is 0. The number of hydrogen-bond acceptors (Lipinski definition) is 4. The number of hydrogen-bond donors (Lipinski definition) is 3. The maximum Gasteiger partial charge on any atom is 0.0477 e. The average Bonchev–Trinajstić information content (AvgIpc) is 2.08. The molecule has 0 aromatic rings. The first-order valence-electron chi connectivity index (χ1n) is 4.42. The Kier molecular flexibility index (Phi) is 20.4. The van der Waals surface area contributed by atoms with Gasteiger partial charge in [-0.1, -0.05) is 0 Å². The predicted molar refractivity (Wildman–Crippen MR) is 50.9 cm³/mol. The monoisotopic (exact) mass is 178 g/mol. The minimum Gasteiger partial charge on any atom is -0.396 e. The largest absolute Gasteiger partial charge is 0.396 e. The van der Waals surface area contributed by atoms with Crippen molar-refractivity contribution in [1.29, 1.82) is 0 Å². The summed E-state index contributed by atoms with van der Waals surface area (Å²) in [6.07, 6.45) is 1.70. The van der Waals surface area contributed by atoms with Gasteiger partial charge in [-0.3, -0.25) is 0 Å². The minimum atomic E-state index is 0.219. The van der Waals surface area contributed by atoms with Gasteiger partial charge in [-0.25, -0.2) is 0 Å². The standard InChI is InChI=1S/C5H13NO.C3H9NO/c1-2-7-5-3-4-6;4-2-1-3-5/h2-6H2,1H3;5H,1-4H2. The fourth-order valence-electron chi connectivity index (χ4n) is 0.421. The van der Waals surface area contributed by atoms with Crippen molar-refractivity contribution in [2.24, 2.45) is 11.5 Å². The molecule has 0 amide bonds. The highest BCUT2D eigenvalue weighted by Gasteiger charge is 1.78. The zero-order valence-electron chi connectivity index (χ0n) is 7.96. The molecular formula is C8H22N2O2. The Bertz CT molecular complexity index is 57.0. The van der Waals surface area contributed by atoms with Gasteiger partial charge in [0.25, 0.3) is 0 Å². The van der Waals surface area contributed by atoms with Crippen LogP contribution in [0.1, 0.15) is 19.8 Å². The molecule has 0 aromatic heterocycles. The van der Waals surface area contributed by atoms with Crippen LogP contribution in [0, 0.1) is 0 Å². The van der Waals surface area contributed by atoms with Gasteiger partial charge in [-0.2, -0.15) is 0 Å². The van der Waals surface area contributed by atoms with Crippen LogP contribution in [0.3, 0.4) is 0 Å². The van der Waals surface area contributed by atoms with Crippen molar-refractivity contribution in [2.75, 3.05) is 32.9 Å². The molecular weight excluding hydrogens is 156 g/mol. The number of nitrogens with two attached hydrogens (primary N) is 2. The van der Waals surface area contributed by atoms with E-state index in [0.717, 1.165) is 32.6 Å². The van der Waals surface area contributed by atoms with Gasteiger partial charge in [0.15, 0.2) is 0 Å². The van der Waals surface area contributed by atoms with Crippen LogP contribution >= 0.6 is 0 Å². The normalized spacial score (nSPS) is 9.00. The first kappa shape index (κ1) is 14.4. The van der Waals surface area contributed by atoms with Crippen LogP contribution in [0.15, 0.2) is 0 Å². The van der Waals surface area contributed by atoms with Gasteiger partial charge in [-0.15, -0.1) is 0 Å². The molecule has 0 aliphatic heterocycles. The summed E-state index contributed by atoms with van der Waals surface area (Å²) in [4.78, 5) is 0. The summed E-state index contributed by atoms with van der Waals surface area (Å²) < 4.78 is 4.99. The summed E-state index contributed by atoms with van der Waals surface area (Å²) >= 11 is 0. The van der Waals surface area contributed by atoms with E-state index in [4.69, 9.17) is 21.3 Å². The second-order valence-corrected chi connectivity index (χ2v) is 2.20. The van der Waals surface area contributed by atoms with Crippen LogP contribution in [-0.2, 0) is 4.74 Å². The van der Waals surface area contributed by atoms with Crippen molar-refractivity contribution in [1.82, 2.24) is 0 Å². The van der Waals surface area contributed by atoms with Crippen molar-refractivity contribution in [3.05, 3.63) is 0 Å². The summed E-state index contributed by atoms with van der Waals surface area (Å²) in [5.41, 5.74) is 10.2. The maximum absolute atomic E-state index is 7.99. The number of aliphatic hydroxyl groups excluding tert-OH is 1. The fourth-order valence-corrected chi connectivity index (χ4v) is 0.421.